The summed E-state index contributed by atoms with van der Waals surface area (Å²) in [6.45, 7) is 4.72. The van der Waals surface area contributed by atoms with Crippen molar-refractivity contribution in [3.8, 4) is 11.3 Å². The molecule has 0 radical (unpaired) electrons. The van der Waals surface area contributed by atoms with Crippen LogP contribution in [0.1, 0.15) is 5.82 Å². The van der Waals surface area contributed by atoms with E-state index in [-0.39, 0.29) is 5.82 Å². The van der Waals surface area contributed by atoms with E-state index in [1.165, 1.54) is 12.1 Å². The number of H-pyrrole nitrogens is 1. The predicted molar refractivity (Wildman–Crippen MR) is 106 cm³/mol. The number of halogens is 1. The highest BCUT2D eigenvalue weighted by molar-refractivity contribution is 5.94. The Morgan fingerprint density at radius 1 is 1.25 bits per heavy atom. The Morgan fingerprint density at radius 2 is 2.11 bits per heavy atom. The van der Waals surface area contributed by atoms with Crippen molar-refractivity contribution >= 4 is 16.7 Å². The summed E-state index contributed by atoms with van der Waals surface area (Å²) in [5.41, 5.74) is 2.22. The maximum atomic E-state index is 14.2. The van der Waals surface area contributed by atoms with Gasteiger partial charge in [-0.3, -0.25) is 0 Å². The number of hydrogen-bond donors (Lipinski definition) is 2. The molecule has 2 N–H and O–H groups in total. The molecule has 7 nitrogen and oxygen atoms in total. The summed E-state index contributed by atoms with van der Waals surface area (Å²) in [4.78, 5) is 14.7. The molecule has 0 atom stereocenters. The third-order valence-corrected chi connectivity index (χ3v) is 4.77. The Labute approximate surface area is 162 Å². The third kappa shape index (κ3) is 4.14. The number of rotatable bonds is 7. The van der Waals surface area contributed by atoms with Crippen molar-refractivity contribution in [2.75, 3.05) is 51.5 Å². The molecule has 0 bridgehead atoms. The lowest BCUT2D eigenvalue weighted by Crippen LogP contribution is -2.37. The van der Waals surface area contributed by atoms with Crippen molar-refractivity contribution in [2.24, 2.45) is 0 Å². The van der Waals surface area contributed by atoms with Crippen molar-refractivity contribution in [1.29, 1.82) is 0 Å². The van der Waals surface area contributed by atoms with E-state index in [1.807, 2.05) is 18.3 Å². The first kappa shape index (κ1) is 18.8. The minimum Gasteiger partial charge on any atom is -0.383 e. The van der Waals surface area contributed by atoms with Crippen molar-refractivity contribution in [3.05, 3.63) is 42.1 Å². The molecule has 2 aromatic heterocycles. The fourth-order valence-corrected chi connectivity index (χ4v) is 3.37. The molecular formula is C20H24FN5O2. The average Bonchev–Trinajstić information content (AvgIpc) is 3.19. The zero-order chi connectivity index (χ0) is 19.3. The van der Waals surface area contributed by atoms with Crippen molar-refractivity contribution in [3.63, 3.8) is 0 Å². The van der Waals surface area contributed by atoms with Crippen molar-refractivity contribution < 1.29 is 13.9 Å². The van der Waals surface area contributed by atoms with Gasteiger partial charge in [0.1, 0.15) is 17.5 Å². The Kier molecular flexibility index (Phi) is 5.80. The zero-order valence-electron chi connectivity index (χ0n) is 15.9. The average molecular weight is 385 g/mol. The van der Waals surface area contributed by atoms with Crippen LogP contribution in [0.3, 0.4) is 0 Å². The van der Waals surface area contributed by atoms with Crippen LogP contribution in [0.4, 0.5) is 10.2 Å². The molecule has 0 saturated carbocycles. The van der Waals surface area contributed by atoms with Gasteiger partial charge in [0.2, 0.25) is 0 Å². The number of hydrogen-bond acceptors (Lipinski definition) is 6. The van der Waals surface area contributed by atoms with Gasteiger partial charge in [0.05, 0.1) is 32.1 Å². The van der Waals surface area contributed by atoms with Crippen LogP contribution in [0.25, 0.3) is 22.2 Å². The second kappa shape index (κ2) is 8.64. The molecule has 1 aliphatic heterocycles. The maximum absolute atomic E-state index is 14.2. The molecule has 0 unspecified atom stereocenters. The number of aromatic nitrogens is 3. The summed E-state index contributed by atoms with van der Waals surface area (Å²) in [6.07, 6.45) is 1.81. The Balaban J connectivity index is 1.73. The molecule has 28 heavy (non-hydrogen) atoms. The van der Waals surface area contributed by atoms with Gasteiger partial charge in [-0.25, -0.2) is 14.4 Å². The highest BCUT2D eigenvalue weighted by Gasteiger charge is 2.17. The van der Waals surface area contributed by atoms with E-state index in [1.54, 1.807) is 7.11 Å². The van der Waals surface area contributed by atoms with Crippen LogP contribution in [-0.4, -0.2) is 61.5 Å². The molecule has 148 valence electrons. The summed E-state index contributed by atoms with van der Waals surface area (Å²) in [5, 5.41) is 4.22. The van der Waals surface area contributed by atoms with E-state index in [4.69, 9.17) is 19.4 Å². The summed E-state index contributed by atoms with van der Waals surface area (Å²) < 4.78 is 24.7. The number of ether oxygens (including phenoxy) is 2. The zero-order valence-corrected chi connectivity index (χ0v) is 15.9. The van der Waals surface area contributed by atoms with Gasteiger partial charge in [-0.1, -0.05) is 0 Å². The summed E-state index contributed by atoms with van der Waals surface area (Å²) in [7, 11) is 1.67. The van der Waals surface area contributed by atoms with Crippen LogP contribution in [0.5, 0.6) is 0 Å². The predicted octanol–water partition coefficient (Wildman–Crippen LogP) is 2.34. The van der Waals surface area contributed by atoms with Gasteiger partial charge in [-0.15, -0.1) is 0 Å². The molecule has 3 heterocycles. The highest BCUT2D eigenvalue weighted by atomic mass is 19.1. The number of methoxy groups -OCH3 is 1. The first-order valence-corrected chi connectivity index (χ1v) is 9.42. The fraction of sp³-hybridized carbons (Fsp3) is 0.400. The molecule has 4 rings (SSSR count). The lowest BCUT2D eigenvalue weighted by Gasteiger charge is -2.28. The van der Waals surface area contributed by atoms with Gasteiger partial charge in [-0.2, -0.15) is 0 Å². The van der Waals surface area contributed by atoms with Crippen LogP contribution in [0, 0.1) is 5.82 Å². The largest absolute Gasteiger partial charge is 0.383 e. The number of benzene rings is 1. The van der Waals surface area contributed by atoms with E-state index in [0.29, 0.717) is 44.4 Å². The van der Waals surface area contributed by atoms with E-state index in [9.17, 15) is 4.39 Å². The number of fused-ring (bicyclic) bond motifs is 1. The third-order valence-electron chi connectivity index (χ3n) is 4.77. The number of anilines is 1. The highest BCUT2D eigenvalue weighted by Crippen LogP contribution is 2.30. The second-order valence-electron chi connectivity index (χ2n) is 6.69. The molecule has 0 aliphatic carbocycles. The van der Waals surface area contributed by atoms with Crippen LogP contribution >= 0.6 is 0 Å². The van der Waals surface area contributed by atoms with Crippen LogP contribution < -0.4 is 10.2 Å². The van der Waals surface area contributed by atoms with Crippen molar-refractivity contribution in [1.82, 2.24) is 20.3 Å². The van der Waals surface area contributed by atoms with Gasteiger partial charge in [0.15, 0.2) is 0 Å². The van der Waals surface area contributed by atoms with Crippen LogP contribution in [0.2, 0.25) is 0 Å². The topological polar surface area (TPSA) is 75.3 Å². The lowest BCUT2D eigenvalue weighted by atomic mass is 10.1. The van der Waals surface area contributed by atoms with Gasteiger partial charge in [0, 0.05) is 55.5 Å². The number of morpholine rings is 1. The monoisotopic (exact) mass is 385 g/mol. The molecule has 0 spiro atoms. The second-order valence-corrected chi connectivity index (χ2v) is 6.69. The SMILES string of the molecule is COCCNCc1nc(-c2cc(F)cc3[nH]ccc23)cc(N2CCOCC2)n1. The molecule has 0 amide bonds. The van der Waals surface area contributed by atoms with E-state index in [2.05, 4.69) is 15.2 Å². The minimum atomic E-state index is -0.295. The first-order chi connectivity index (χ1) is 13.7. The maximum Gasteiger partial charge on any atom is 0.145 e. The standard InChI is InChI=1S/C20H24FN5O2/c1-27-7-4-22-13-19-24-18(12-20(25-19)26-5-8-28-9-6-26)16-10-14(21)11-17-15(16)2-3-23-17/h2-3,10-12,22-23H,4-9,13H2,1H3. The van der Waals surface area contributed by atoms with Crippen LogP contribution in [0.15, 0.2) is 30.5 Å². The number of nitrogens with zero attached hydrogens (tertiary/aromatic N) is 3. The molecule has 3 aromatic rings. The molecule has 1 aromatic carbocycles. The van der Waals surface area contributed by atoms with E-state index < -0.39 is 0 Å². The lowest BCUT2D eigenvalue weighted by molar-refractivity contribution is 0.122. The molecule has 8 heteroatoms. The Morgan fingerprint density at radius 3 is 2.93 bits per heavy atom. The molecular weight excluding hydrogens is 361 g/mol. The number of nitrogens with one attached hydrogen (secondary N) is 2. The van der Waals surface area contributed by atoms with Gasteiger partial charge >= 0.3 is 0 Å². The Hall–Kier alpha value is -2.55. The summed E-state index contributed by atoms with van der Waals surface area (Å²) in [5.74, 6) is 1.21. The first-order valence-electron chi connectivity index (χ1n) is 9.42. The quantitative estimate of drug-likeness (QED) is 0.608. The Bertz CT molecular complexity index is 939. The minimum absolute atomic E-state index is 0.295. The normalized spacial score (nSPS) is 14.7. The van der Waals surface area contributed by atoms with Gasteiger partial charge in [-0.05, 0) is 18.2 Å². The fourth-order valence-electron chi connectivity index (χ4n) is 3.37. The number of aromatic amines is 1. The molecule has 1 aliphatic rings. The molecule has 1 fully saturated rings. The van der Waals surface area contributed by atoms with E-state index in [0.717, 1.165) is 35.4 Å². The molecule has 1 saturated heterocycles. The smallest absolute Gasteiger partial charge is 0.145 e. The van der Waals surface area contributed by atoms with Crippen LogP contribution in [-0.2, 0) is 16.0 Å². The summed E-state index contributed by atoms with van der Waals surface area (Å²) in [6, 6.07) is 6.90. The van der Waals surface area contributed by atoms with Gasteiger partial charge < -0.3 is 24.7 Å². The van der Waals surface area contributed by atoms with Crippen molar-refractivity contribution in [2.45, 2.75) is 6.54 Å². The van der Waals surface area contributed by atoms with E-state index >= 15 is 0 Å². The summed E-state index contributed by atoms with van der Waals surface area (Å²) >= 11 is 0. The van der Waals surface area contributed by atoms with Gasteiger partial charge in [0.25, 0.3) is 0 Å².